The van der Waals surface area contributed by atoms with E-state index in [1.807, 2.05) is 36.4 Å². The number of ether oxygens (including phenoxy) is 2. The quantitative estimate of drug-likeness (QED) is 0.0544. The van der Waals surface area contributed by atoms with E-state index in [0.29, 0.717) is 90.7 Å². The maximum absolute atomic E-state index is 15.4. The number of fused-ring (bicyclic) bond motifs is 2. The van der Waals surface area contributed by atoms with E-state index in [9.17, 15) is 0 Å². The van der Waals surface area contributed by atoms with Crippen LogP contribution in [0.5, 0.6) is 23.0 Å². The lowest BCUT2D eigenvalue weighted by atomic mass is 9.80. The second-order valence-electron chi connectivity index (χ2n) is 26.4. The lowest BCUT2D eigenvalue weighted by Crippen LogP contribution is -2.43. The Labute approximate surface area is 452 Å². The monoisotopic (exact) mass is 1020 g/mol. The Balaban J connectivity index is 1.41. The SMILES string of the molecule is CCCCC(CC)CN1C(=O)c2ccc3c4c(Oc5cc(C(C)(C)C)cc(C(C)(C)C)c5)cc5c6c(ccc(c7c(Oc8cc(C(C)(C)C)cc(C(C)(C)C)c8)cc(c2c37)C1=O)c64)C(=O)N(CC(CC)CCCC)C5=O. The maximum Gasteiger partial charge on any atom is 0.261 e. The molecule has 9 rings (SSSR count). The summed E-state index contributed by atoms with van der Waals surface area (Å²) >= 11 is 0. The zero-order valence-electron chi connectivity index (χ0n) is 48.5. The highest BCUT2D eigenvalue weighted by Gasteiger charge is 2.40. The first kappa shape index (κ1) is 54.5. The molecule has 2 atom stereocenters. The number of unbranched alkanes of at least 4 members (excludes halogenated alkanes) is 2. The lowest BCUT2D eigenvalue weighted by Gasteiger charge is -2.33. The first-order chi connectivity index (χ1) is 35.7. The van der Waals surface area contributed by atoms with Gasteiger partial charge in [0.05, 0.1) is 11.1 Å². The minimum atomic E-state index is -0.346. The normalized spacial score (nSPS) is 15.3. The molecule has 0 radical (unpaired) electrons. The standard InChI is InChI=1S/C68H82N2O6/c1-17-21-23-39(19-3)37-69-61(71)49-27-25-47-58-54(76-46-33-43(67(11,12)13)30-44(34-46)68(14,15)16)36-52-56-50(62(72)70(64(52)74)38-40(20-4)24-22-18-2)28-26-48(60(56)58)57-53(35-51(63(69)73)55(49)59(47)57)75-45-31-41(65(5,6)7)29-42(32-45)66(8,9)10/h25-36,39-40H,17-24,37-38H2,1-16H3. The Morgan fingerprint density at radius 3 is 1.00 bits per heavy atom. The Morgan fingerprint density at radius 2 is 0.711 bits per heavy atom. The van der Waals surface area contributed by atoms with Crippen LogP contribution in [0.15, 0.2) is 72.8 Å². The topological polar surface area (TPSA) is 93.2 Å². The summed E-state index contributed by atoms with van der Waals surface area (Å²) in [6.45, 7) is 35.6. The van der Waals surface area contributed by atoms with E-state index >= 15 is 19.2 Å². The van der Waals surface area contributed by atoms with Gasteiger partial charge in [-0.25, -0.2) is 0 Å². The predicted octanol–water partition coefficient (Wildman–Crippen LogP) is 18.1. The molecule has 2 aliphatic rings. The Bertz CT molecular complexity index is 3170. The van der Waals surface area contributed by atoms with Crippen LogP contribution in [-0.2, 0) is 21.7 Å². The molecular formula is C68H82N2O6. The molecule has 0 fully saturated rings. The molecule has 8 heteroatoms. The van der Waals surface area contributed by atoms with Gasteiger partial charge >= 0.3 is 0 Å². The van der Waals surface area contributed by atoms with Crippen molar-refractivity contribution in [2.75, 3.05) is 13.1 Å². The summed E-state index contributed by atoms with van der Waals surface area (Å²) in [7, 11) is 0. The largest absolute Gasteiger partial charge is 0.457 e. The Morgan fingerprint density at radius 1 is 0.395 bits per heavy atom. The van der Waals surface area contributed by atoms with Crippen molar-refractivity contribution < 1.29 is 28.7 Å². The molecule has 400 valence electrons. The third-order valence-electron chi connectivity index (χ3n) is 16.6. The summed E-state index contributed by atoms with van der Waals surface area (Å²) < 4.78 is 14.6. The summed E-state index contributed by atoms with van der Waals surface area (Å²) in [4.78, 5) is 63.7. The molecule has 4 amide bonds. The van der Waals surface area contributed by atoms with E-state index in [0.717, 1.165) is 84.4 Å². The van der Waals surface area contributed by atoms with Gasteiger partial charge in [-0.1, -0.05) is 174 Å². The highest BCUT2D eigenvalue weighted by Crippen LogP contribution is 2.54. The number of hydrogen-bond acceptors (Lipinski definition) is 6. The second-order valence-corrected chi connectivity index (χ2v) is 26.4. The number of carbonyl (C=O) groups is 4. The number of rotatable bonds is 16. The number of carbonyl (C=O) groups excluding carboxylic acids is 4. The van der Waals surface area contributed by atoms with Gasteiger partial charge in [0, 0.05) is 56.5 Å². The molecule has 7 aromatic rings. The van der Waals surface area contributed by atoms with Crippen molar-refractivity contribution in [3.05, 3.63) is 117 Å². The molecule has 2 aliphatic heterocycles. The van der Waals surface area contributed by atoms with E-state index in [1.165, 1.54) is 9.80 Å². The summed E-state index contributed by atoms with van der Waals surface area (Å²) in [5, 5.41) is 5.37. The second kappa shape index (κ2) is 19.9. The van der Waals surface area contributed by atoms with Crippen LogP contribution in [0.3, 0.4) is 0 Å². The molecule has 2 unspecified atom stereocenters. The van der Waals surface area contributed by atoms with Gasteiger partial charge in [-0.2, -0.15) is 0 Å². The first-order valence-corrected chi connectivity index (χ1v) is 28.4. The number of nitrogens with zero attached hydrogens (tertiary/aromatic N) is 2. The molecule has 0 aromatic heterocycles. The first-order valence-electron chi connectivity index (χ1n) is 28.4. The molecule has 0 saturated heterocycles. The molecule has 0 bridgehead atoms. The highest BCUT2D eigenvalue weighted by atomic mass is 16.5. The molecule has 2 heterocycles. The number of amides is 4. The minimum absolute atomic E-state index is 0.154. The molecule has 8 nitrogen and oxygen atoms in total. The van der Waals surface area contributed by atoms with Gasteiger partial charge in [0.25, 0.3) is 23.6 Å². The van der Waals surface area contributed by atoms with Gasteiger partial charge in [0.1, 0.15) is 23.0 Å². The van der Waals surface area contributed by atoms with Crippen molar-refractivity contribution in [2.45, 2.75) is 184 Å². The van der Waals surface area contributed by atoms with E-state index < -0.39 is 0 Å². The van der Waals surface area contributed by atoms with Crippen molar-refractivity contribution >= 4 is 66.7 Å². The minimum Gasteiger partial charge on any atom is -0.457 e. The number of hydrogen-bond donors (Lipinski definition) is 0. The van der Waals surface area contributed by atoms with Crippen molar-refractivity contribution in [3.8, 4) is 23.0 Å². The van der Waals surface area contributed by atoms with E-state index in [-0.39, 0.29) is 57.1 Å². The third kappa shape index (κ3) is 9.76. The van der Waals surface area contributed by atoms with Gasteiger partial charge in [0.2, 0.25) is 0 Å². The lowest BCUT2D eigenvalue weighted by molar-refractivity contribution is 0.0565. The zero-order valence-corrected chi connectivity index (χ0v) is 48.5. The molecule has 76 heavy (non-hydrogen) atoms. The van der Waals surface area contributed by atoms with Gasteiger partial charge < -0.3 is 9.47 Å². The van der Waals surface area contributed by atoms with E-state index in [2.05, 4.69) is 147 Å². The average molecular weight is 1020 g/mol. The van der Waals surface area contributed by atoms with Crippen LogP contribution in [0.1, 0.15) is 226 Å². The Kier molecular flexibility index (Phi) is 14.3. The van der Waals surface area contributed by atoms with Crippen LogP contribution in [0.2, 0.25) is 0 Å². The van der Waals surface area contributed by atoms with Crippen molar-refractivity contribution in [3.63, 3.8) is 0 Å². The van der Waals surface area contributed by atoms with Gasteiger partial charge in [-0.3, -0.25) is 29.0 Å². The van der Waals surface area contributed by atoms with Gasteiger partial charge in [0.15, 0.2) is 0 Å². The summed E-state index contributed by atoms with van der Waals surface area (Å²) in [5.74, 6) is 1.14. The molecule has 7 aromatic carbocycles. The van der Waals surface area contributed by atoms with Crippen LogP contribution in [0.4, 0.5) is 0 Å². The molecule has 0 saturated carbocycles. The number of imide groups is 2. The predicted molar refractivity (Wildman–Crippen MR) is 313 cm³/mol. The fraction of sp³-hybridized carbons (Fsp3) is 0.471. The van der Waals surface area contributed by atoms with Crippen molar-refractivity contribution in [1.82, 2.24) is 9.80 Å². The van der Waals surface area contributed by atoms with Crippen LogP contribution in [0.25, 0.3) is 43.1 Å². The number of benzene rings is 7. The summed E-state index contributed by atoms with van der Waals surface area (Å²) in [6.07, 6.45) is 7.61. The summed E-state index contributed by atoms with van der Waals surface area (Å²) in [6, 6.07) is 24.3. The van der Waals surface area contributed by atoms with Crippen LogP contribution >= 0.6 is 0 Å². The molecular weight excluding hydrogens is 941 g/mol. The molecule has 0 aliphatic carbocycles. The fourth-order valence-corrected chi connectivity index (χ4v) is 11.6. The Hall–Kier alpha value is -6.28. The fourth-order valence-electron chi connectivity index (χ4n) is 11.6. The van der Waals surface area contributed by atoms with Crippen LogP contribution in [-0.4, -0.2) is 46.5 Å². The molecule has 0 spiro atoms. The third-order valence-corrected chi connectivity index (χ3v) is 16.6. The van der Waals surface area contributed by atoms with Crippen LogP contribution in [0, 0.1) is 11.8 Å². The van der Waals surface area contributed by atoms with Crippen molar-refractivity contribution in [2.24, 2.45) is 11.8 Å². The zero-order chi connectivity index (χ0) is 55.1. The van der Waals surface area contributed by atoms with E-state index in [4.69, 9.17) is 9.47 Å². The smallest absolute Gasteiger partial charge is 0.261 e. The average Bonchev–Trinajstić information content (AvgIpc) is 3.35. The molecule has 0 N–H and O–H groups in total. The van der Waals surface area contributed by atoms with Gasteiger partial charge in [-0.15, -0.1) is 0 Å². The van der Waals surface area contributed by atoms with Crippen molar-refractivity contribution in [1.29, 1.82) is 0 Å². The highest BCUT2D eigenvalue weighted by molar-refractivity contribution is 6.43. The van der Waals surface area contributed by atoms with E-state index in [1.54, 1.807) is 0 Å². The van der Waals surface area contributed by atoms with Gasteiger partial charge in [-0.05, 0) is 128 Å². The summed E-state index contributed by atoms with van der Waals surface area (Å²) in [5.41, 5.74) is 5.30. The van der Waals surface area contributed by atoms with Crippen LogP contribution < -0.4 is 9.47 Å². The maximum atomic E-state index is 15.4.